The maximum absolute atomic E-state index is 13.3. The average Bonchev–Trinajstić information content (AvgIpc) is 2.26. The summed E-state index contributed by atoms with van der Waals surface area (Å²) in [5.74, 6) is -0.495. The third-order valence-corrected chi connectivity index (χ3v) is 1.85. The van der Waals surface area contributed by atoms with E-state index in [1.54, 1.807) is 0 Å². The lowest BCUT2D eigenvalue weighted by Gasteiger charge is -2.05. The second-order valence-electron chi connectivity index (χ2n) is 2.85. The second kappa shape index (κ2) is 4.96. The first-order chi connectivity index (χ1) is 7.17. The van der Waals surface area contributed by atoms with E-state index < -0.39 is 5.82 Å². The normalized spacial score (nSPS) is 9.13. The molecule has 0 unspecified atom stereocenters. The Bertz CT molecular complexity index is 412. The highest BCUT2D eigenvalue weighted by molar-refractivity contribution is 5.73. The van der Waals surface area contributed by atoms with E-state index in [1.807, 2.05) is 6.07 Å². The van der Waals surface area contributed by atoms with Gasteiger partial charge in [-0.05, 0) is 12.1 Å². The zero-order chi connectivity index (χ0) is 11.3. The van der Waals surface area contributed by atoms with Crippen LogP contribution >= 0.6 is 0 Å². The Morgan fingerprint density at radius 1 is 1.60 bits per heavy atom. The van der Waals surface area contributed by atoms with E-state index in [-0.39, 0.29) is 18.1 Å². The van der Waals surface area contributed by atoms with Crippen molar-refractivity contribution >= 4 is 6.03 Å². The highest BCUT2D eigenvalue weighted by Gasteiger charge is 2.04. The number of benzene rings is 1. The van der Waals surface area contributed by atoms with Crippen LogP contribution < -0.4 is 10.6 Å². The summed E-state index contributed by atoms with van der Waals surface area (Å²) in [6.45, 7) is 0.0945. The fraction of sp³-hybridized carbons (Fsp3) is 0.200. The first-order valence-electron chi connectivity index (χ1n) is 4.31. The van der Waals surface area contributed by atoms with Gasteiger partial charge in [0, 0.05) is 19.2 Å². The molecule has 0 spiro atoms. The molecule has 4 nitrogen and oxygen atoms in total. The molecule has 0 atom stereocenters. The van der Waals surface area contributed by atoms with Crippen LogP contribution in [0, 0.1) is 17.1 Å². The van der Waals surface area contributed by atoms with Crippen LogP contribution in [0.25, 0.3) is 0 Å². The van der Waals surface area contributed by atoms with E-state index in [9.17, 15) is 9.18 Å². The molecular formula is C10H10FN3O. The molecule has 0 aromatic heterocycles. The Kier molecular flexibility index (Phi) is 3.63. The van der Waals surface area contributed by atoms with Crippen LogP contribution in [0.15, 0.2) is 18.2 Å². The molecule has 0 aliphatic heterocycles. The molecule has 2 N–H and O–H groups in total. The standard InChI is InChI=1S/C10H10FN3O/c1-13-10(15)14-6-8-3-2-7(5-12)4-9(8)11/h2-4H,6H2,1H3,(H2,13,14,15). The summed E-state index contributed by atoms with van der Waals surface area (Å²) in [6.07, 6.45) is 0. The van der Waals surface area contributed by atoms with Gasteiger partial charge in [-0.1, -0.05) is 6.07 Å². The van der Waals surface area contributed by atoms with Gasteiger partial charge in [0.2, 0.25) is 0 Å². The second-order valence-corrected chi connectivity index (χ2v) is 2.85. The molecule has 15 heavy (non-hydrogen) atoms. The van der Waals surface area contributed by atoms with Crippen LogP contribution in [0.5, 0.6) is 0 Å². The van der Waals surface area contributed by atoms with Crippen molar-refractivity contribution < 1.29 is 9.18 Å². The number of hydrogen-bond acceptors (Lipinski definition) is 2. The lowest BCUT2D eigenvalue weighted by molar-refractivity contribution is 0.242. The van der Waals surface area contributed by atoms with Crippen molar-refractivity contribution in [3.8, 4) is 6.07 Å². The molecular weight excluding hydrogens is 197 g/mol. The van der Waals surface area contributed by atoms with Gasteiger partial charge in [-0.25, -0.2) is 9.18 Å². The maximum Gasteiger partial charge on any atom is 0.314 e. The Morgan fingerprint density at radius 2 is 2.33 bits per heavy atom. The molecule has 0 heterocycles. The number of halogens is 1. The summed E-state index contributed by atoms with van der Waals surface area (Å²) in [7, 11) is 1.48. The summed E-state index contributed by atoms with van der Waals surface area (Å²) in [5.41, 5.74) is 0.605. The van der Waals surface area contributed by atoms with Crippen molar-refractivity contribution in [2.45, 2.75) is 6.54 Å². The van der Waals surface area contributed by atoms with Crippen molar-refractivity contribution in [3.05, 3.63) is 35.1 Å². The number of nitriles is 1. The van der Waals surface area contributed by atoms with E-state index in [2.05, 4.69) is 10.6 Å². The molecule has 0 saturated heterocycles. The smallest absolute Gasteiger partial charge is 0.314 e. The van der Waals surface area contributed by atoms with Gasteiger partial charge in [0.25, 0.3) is 0 Å². The number of amides is 2. The maximum atomic E-state index is 13.3. The van der Waals surface area contributed by atoms with Gasteiger partial charge in [-0.2, -0.15) is 5.26 Å². The van der Waals surface area contributed by atoms with Crippen molar-refractivity contribution in [2.24, 2.45) is 0 Å². The minimum absolute atomic E-state index is 0.0945. The molecule has 78 valence electrons. The summed E-state index contributed by atoms with van der Waals surface area (Å²) in [5, 5.41) is 13.3. The molecule has 0 aliphatic carbocycles. The van der Waals surface area contributed by atoms with Gasteiger partial charge in [-0.15, -0.1) is 0 Å². The van der Waals surface area contributed by atoms with Crippen LogP contribution in [0.1, 0.15) is 11.1 Å². The Hall–Kier alpha value is -2.09. The van der Waals surface area contributed by atoms with Gasteiger partial charge in [-0.3, -0.25) is 0 Å². The Balaban J connectivity index is 2.71. The highest BCUT2D eigenvalue weighted by Crippen LogP contribution is 2.09. The van der Waals surface area contributed by atoms with Crippen molar-refractivity contribution in [3.63, 3.8) is 0 Å². The van der Waals surface area contributed by atoms with E-state index in [4.69, 9.17) is 5.26 Å². The van der Waals surface area contributed by atoms with Crippen molar-refractivity contribution in [1.29, 1.82) is 5.26 Å². The number of carbonyl (C=O) groups excluding carboxylic acids is 1. The van der Waals surface area contributed by atoms with Crippen LogP contribution in [0.3, 0.4) is 0 Å². The Morgan fingerprint density at radius 3 is 2.87 bits per heavy atom. The van der Waals surface area contributed by atoms with Gasteiger partial charge < -0.3 is 10.6 Å². The third kappa shape index (κ3) is 2.95. The number of rotatable bonds is 2. The predicted octanol–water partition coefficient (Wildman–Crippen LogP) is 1.13. The third-order valence-electron chi connectivity index (χ3n) is 1.85. The number of carbonyl (C=O) groups is 1. The summed E-state index contributed by atoms with van der Waals surface area (Å²) < 4.78 is 13.3. The van der Waals surface area contributed by atoms with Crippen LogP contribution in [0.4, 0.5) is 9.18 Å². The zero-order valence-electron chi connectivity index (χ0n) is 8.17. The van der Waals surface area contributed by atoms with Crippen LogP contribution in [-0.2, 0) is 6.54 Å². The van der Waals surface area contributed by atoms with Gasteiger partial charge in [0.15, 0.2) is 0 Å². The first-order valence-corrected chi connectivity index (χ1v) is 4.31. The van der Waals surface area contributed by atoms with E-state index in [0.717, 1.165) is 6.07 Å². The average molecular weight is 207 g/mol. The van der Waals surface area contributed by atoms with Gasteiger partial charge >= 0.3 is 6.03 Å². The quantitative estimate of drug-likeness (QED) is 0.763. The van der Waals surface area contributed by atoms with Crippen molar-refractivity contribution in [1.82, 2.24) is 10.6 Å². The number of nitrogens with zero attached hydrogens (tertiary/aromatic N) is 1. The Labute approximate surface area is 86.7 Å². The molecule has 5 heteroatoms. The lowest BCUT2D eigenvalue weighted by Crippen LogP contribution is -2.32. The molecule has 1 aromatic carbocycles. The molecule has 2 amide bonds. The summed E-state index contributed by atoms with van der Waals surface area (Å²) >= 11 is 0. The monoisotopic (exact) mass is 207 g/mol. The molecule has 0 bridgehead atoms. The summed E-state index contributed by atoms with van der Waals surface area (Å²) in [4.78, 5) is 10.8. The topological polar surface area (TPSA) is 64.9 Å². The minimum Gasteiger partial charge on any atom is -0.341 e. The van der Waals surface area contributed by atoms with Crippen LogP contribution in [-0.4, -0.2) is 13.1 Å². The molecule has 0 saturated carbocycles. The molecule has 0 aliphatic rings. The molecule has 0 radical (unpaired) electrons. The number of urea groups is 1. The largest absolute Gasteiger partial charge is 0.341 e. The van der Waals surface area contributed by atoms with E-state index in [0.29, 0.717) is 5.56 Å². The molecule has 1 rings (SSSR count). The highest BCUT2D eigenvalue weighted by atomic mass is 19.1. The van der Waals surface area contributed by atoms with E-state index in [1.165, 1.54) is 19.2 Å². The SMILES string of the molecule is CNC(=O)NCc1ccc(C#N)cc1F. The predicted molar refractivity (Wildman–Crippen MR) is 52.4 cm³/mol. The molecule has 0 fully saturated rings. The lowest BCUT2D eigenvalue weighted by atomic mass is 10.1. The minimum atomic E-state index is -0.495. The van der Waals surface area contributed by atoms with Crippen molar-refractivity contribution in [2.75, 3.05) is 7.05 Å². The van der Waals surface area contributed by atoms with Crippen LogP contribution in [0.2, 0.25) is 0 Å². The number of nitrogens with one attached hydrogen (secondary N) is 2. The van der Waals surface area contributed by atoms with E-state index >= 15 is 0 Å². The summed E-state index contributed by atoms with van der Waals surface area (Å²) in [6, 6.07) is 5.57. The van der Waals surface area contributed by atoms with Gasteiger partial charge in [0.05, 0.1) is 11.6 Å². The zero-order valence-corrected chi connectivity index (χ0v) is 8.17. The fourth-order valence-corrected chi connectivity index (χ4v) is 1.02. The first kappa shape index (κ1) is 11.0. The van der Waals surface area contributed by atoms with Gasteiger partial charge in [0.1, 0.15) is 5.82 Å². The number of hydrogen-bond donors (Lipinski definition) is 2. The fourth-order valence-electron chi connectivity index (χ4n) is 1.02. The molecule has 1 aromatic rings.